The minimum atomic E-state index is -0.329. The molecule has 1 unspecified atom stereocenters. The molecular formula is C15H17BrN2O2S. The summed E-state index contributed by atoms with van der Waals surface area (Å²) in [7, 11) is 1.38. The van der Waals surface area contributed by atoms with E-state index in [9.17, 15) is 4.79 Å². The van der Waals surface area contributed by atoms with Gasteiger partial charge in [0, 0.05) is 22.6 Å². The number of ether oxygens (including phenoxy) is 1. The molecule has 0 saturated carbocycles. The maximum atomic E-state index is 11.5. The van der Waals surface area contributed by atoms with E-state index in [1.165, 1.54) is 7.11 Å². The van der Waals surface area contributed by atoms with Gasteiger partial charge in [-0.1, -0.05) is 28.9 Å². The second-order valence-electron chi connectivity index (χ2n) is 4.51. The van der Waals surface area contributed by atoms with Gasteiger partial charge in [-0.3, -0.25) is 0 Å². The van der Waals surface area contributed by atoms with Crippen LogP contribution >= 0.6 is 27.3 Å². The Labute approximate surface area is 136 Å². The van der Waals surface area contributed by atoms with Crippen LogP contribution in [0.4, 0.5) is 0 Å². The van der Waals surface area contributed by atoms with Gasteiger partial charge in [0.2, 0.25) is 0 Å². The Hall–Kier alpha value is -1.24. The zero-order chi connectivity index (χ0) is 15.2. The van der Waals surface area contributed by atoms with Crippen LogP contribution in [0.1, 0.15) is 40.3 Å². The normalized spacial score (nSPS) is 12.1. The van der Waals surface area contributed by atoms with E-state index >= 15 is 0 Å². The molecule has 0 bridgehead atoms. The lowest BCUT2D eigenvalue weighted by atomic mass is 10.1. The number of aromatic nitrogens is 1. The van der Waals surface area contributed by atoms with Gasteiger partial charge in [-0.15, -0.1) is 11.3 Å². The molecule has 0 aliphatic heterocycles. The summed E-state index contributed by atoms with van der Waals surface area (Å²) in [6, 6.07) is 5.74. The Kier molecular flexibility index (Phi) is 5.90. The van der Waals surface area contributed by atoms with Crippen molar-refractivity contribution in [3.8, 4) is 0 Å². The van der Waals surface area contributed by atoms with Crippen molar-refractivity contribution in [2.75, 3.05) is 7.11 Å². The molecule has 0 saturated heterocycles. The van der Waals surface area contributed by atoms with E-state index in [4.69, 9.17) is 4.74 Å². The van der Waals surface area contributed by atoms with Gasteiger partial charge in [0.05, 0.1) is 18.7 Å². The van der Waals surface area contributed by atoms with Crippen LogP contribution < -0.4 is 5.32 Å². The minimum Gasteiger partial charge on any atom is -0.465 e. The molecule has 4 nitrogen and oxygen atoms in total. The van der Waals surface area contributed by atoms with Crippen molar-refractivity contribution in [1.82, 2.24) is 10.3 Å². The van der Waals surface area contributed by atoms with Crippen molar-refractivity contribution in [2.24, 2.45) is 0 Å². The number of rotatable bonds is 6. The van der Waals surface area contributed by atoms with Crippen molar-refractivity contribution in [1.29, 1.82) is 0 Å². The van der Waals surface area contributed by atoms with E-state index in [-0.39, 0.29) is 12.0 Å². The molecule has 0 fully saturated rings. The number of nitrogens with one attached hydrogen (secondary N) is 1. The average Bonchev–Trinajstić information content (AvgIpc) is 3.02. The molecule has 1 heterocycles. The van der Waals surface area contributed by atoms with Crippen LogP contribution in [-0.2, 0) is 11.3 Å². The summed E-state index contributed by atoms with van der Waals surface area (Å²) in [6.45, 7) is 2.84. The number of carbonyl (C=O) groups excluding carboxylic acids is 1. The number of benzene rings is 1. The third-order valence-electron chi connectivity index (χ3n) is 3.17. The van der Waals surface area contributed by atoms with Gasteiger partial charge in [0.15, 0.2) is 0 Å². The topological polar surface area (TPSA) is 51.2 Å². The molecule has 1 aromatic heterocycles. The summed E-state index contributed by atoms with van der Waals surface area (Å²) in [5.74, 6) is -0.329. The molecule has 0 spiro atoms. The Balaban J connectivity index is 2.04. The summed E-state index contributed by atoms with van der Waals surface area (Å²) in [6.07, 6.45) is 2.80. The number of esters is 1. The number of nitrogens with zero attached hydrogens (tertiary/aromatic N) is 1. The monoisotopic (exact) mass is 368 g/mol. The number of halogens is 1. The van der Waals surface area contributed by atoms with E-state index in [2.05, 4.69) is 33.2 Å². The van der Waals surface area contributed by atoms with Crippen molar-refractivity contribution >= 4 is 33.2 Å². The lowest BCUT2D eigenvalue weighted by Gasteiger charge is -2.15. The maximum Gasteiger partial charge on any atom is 0.337 e. The summed E-state index contributed by atoms with van der Waals surface area (Å²) in [4.78, 5) is 15.8. The third kappa shape index (κ3) is 4.12. The zero-order valence-corrected chi connectivity index (χ0v) is 14.3. The van der Waals surface area contributed by atoms with Gasteiger partial charge < -0.3 is 10.1 Å². The second kappa shape index (κ2) is 7.68. The smallest absolute Gasteiger partial charge is 0.337 e. The zero-order valence-electron chi connectivity index (χ0n) is 11.9. The van der Waals surface area contributed by atoms with Crippen LogP contribution in [0.15, 0.2) is 34.2 Å². The van der Waals surface area contributed by atoms with Crippen LogP contribution in [0.25, 0.3) is 0 Å². The van der Waals surface area contributed by atoms with E-state index in [1.807, 2.05) is 17.6 Å². The predicted octanol–water partition coefficient (Wildman–Crippen LogP) is 3.93. The van der Waals surface area contributed by atoms with Crippen molar-refractivity contribution in [3.05, 3.63) is 50.4 Å². The minimum absolute atomic E-state index is 0.247. The standard InChI is InChI=1S/C15H17BrN2O2S/c1-3-13(14-17-6-7-21-14)18-9-11-5-4-10(8-12(11)16)15(19)20-2/h4-8,13,18H,3,9H2,1-2H3. The molecule has 0 aliphatic carbocycles. The van der Waals surface area contributed by atoms with Gasteiger partial charge in [-0.25, -0.2) is 9.78 Å². The highest BCUT2D eigenvalue weighted by Gasteiger charge is 2.13. The molecule has 1 N–H and O–H groups in total. The highest BCUT2D eigenvalue weighted by Crippen LogP contribution is 2.22. The number of carbonyl (C=O) groups is 1. The predicted molar refractivity (Wildman–Crippen MR) is 87.5 cm³/mol. The fourth-order valence-electron chi connectivity index (χ4n) is 1.98. The summed E-state index contributed by atoms with van der Waals surface area (Å²) in [5.41, 5.74) is 1.64. The van der Waals surface area contributed by atoms with Gasteiger partial charge in [0.25, 0.3) is 0 Å². The first-order chi connectivity index (χ1) is 10.2. The Morgan fingerprint density at radius 3 is 2.90 bits per heavy atom. The van der Waals surface area contributed by atoms with Gasteiger partial charge in [0.1, 0.15) is 5.01 Å². The van der Waals surface area contributed by atoms with Crippen molar-refractivity contribution in [3.63, 3.8) is 0 Å². The molecule has 21 heavy (non-hydrogen) atoms. The molecule has 0 amide bonds. The fraction of sp³-hybridized carbons (Fsp3) is 0.333. The molecule has 6 heteroatoms. The van der Waals surface area contributed by atoms with E-state index < -0.39 is 0 Å². The number of methoxy groups -OCH3 is 1. The first kappa shape index (κ1) is 16.1. The molecule has 0 radical (unpaired) electrons. The van der Waals surface area contributed by atoms with E-state index in [0.717, 1.165) is 21.5 Å². The van der Waals surface area contributed by atoms with Gasteiger partial charge in [-0.05, 0) is 24.1 Å². The molecule has 0 aliphatic rings. The lowest BCUT2D eigenvalue weighted by Crippen LogP contribution is -2.20. The number of hydrogen-bond donors (Lipinski definition) is 1. The summed E-state index contributed by atoms with van der Waals surface area (Å²) >= 11 is 5.16. The van der Waals surface area contributed by atoms with Crippen LogP contribution in [-0.4, -0.2) is 18.1 Å². The largest absolute Gasteiger partial charge is 0.465 e. The van der Waals surface area contributed by atoms with Gasteiger partial charge in [-0.2, -0.15) is 0 Å². The molecule has 1 atom stereocenters. The van der Waals surface area contributed by atoms with Crippen molar-refractivity contribution in [2.45, 2.75) is 25.9 Å². The Morgan fingerprint density at radius 1 is 1.52 bits per heavy atom. The first-order valence-corrected chi connectivity index (χ1v) is 8.32. The Morgan fingerprint density at radius 2 is 2.33 bits per heavy atom. The van der Waals surface area contributed by atoms with E-state index in [1.54, 1.807) is 23.5 Å². The number of thiazole rings is 1. The molecule has 1 aromatic carbocycles. The third-order valence-corrected chi connectivity index (χ3v) is 4.80. The molecule has 2 rings (SSSR count). The van der Waals surface area contributed by atoms with Crippen LogP contribution in [0.3, 0.4) is 0 Å². The first-order valence-electron chi connectivity index (χ1n) is 6.65. The summed E-state index contributed by atoms with van der Waals surface area (Å²) < 4.78 is 5.61. The quantitative estimate of drug-likeness (QED) is 0.784. The highest BCUT2D eigenvalue weighted by atomic mass is 79.9. The maximum absolute atomic E-state index is 11.5. The average molecular weight is 369 g/mol. The second-order valence-corrected chi connectivity index (χ2v) is 6.29. The van der Waals surface area contributed by atoms with E-state index in [0.29, 0.717) is 12.1 Å². The van der Waals surface area contributed by atoms with Crippen LogP contribution in [0, 0.1) is 0 Å². The fourth-order valence-corrected chi connectivity index (χ4v) is 3.30. The molecule has 2 aromatic rings. The van der Waals surface area contributed by atoms with Crippen LogP contribution in [0.2, 0.25) is 0 Å². The van der Waals surface area contributed by atoms with Crippen molar-refractivity contribution < 1.29 is 9.53 Å². The van der Waals surface area contributed by atoms with Crippen LogP contribution in [0.5, 0.6) is 0 Å². The SMILES string of the molecule is CCC(NCc1ccc(C(=O)OC)cc1Br)c1nccs1. The summed E-state index contributed by atoms with van der Waals surface area (Å²) in [5, 5.41) is 6.58. The highest BCUT2D eigenvalue weighted by molar-refractivity contribution is 9.10. The molecule has 112 valence electrons. The Bertz CT molecular complexity index is 602. The lowest BCUT2D eigenvalue weighted by molar-refractivity contribution is 0.0600. The molecular weight excluding hydrogens is 352 g/mol. The number of hydrogen-bond acceptors (Lipinski definition) is 5. The van der Waals surface area contributed by atoms with Gasteiger partial charge >= 0.3 is 5.97 Å².